The van der Waals surface area contributed by atoms with Gasteiger partial charge in [0.15, 0.2) is 0 Å². The molecule has 2 aliphatic heterocycles. The molecular weight excluding hydrogens is 1170 g/mol. The van der Waals surface area contributed by atoms with Crippen molar-refractivity contribution in [2.45, 2.75) is 289 Å². The summed E-state index contributed by atoms with van der Waals surface area (Å²) in [6, 6.07) is 0. The van der Waals surface area contributed by atoms with Gasteiger partial charge in [-0.15, -0.1) is 0 Å². The Kier molecular flexibility index (Phi) is 81.9. The Morgan fingerprint density at radius 3 is 0.826 bits per heavy atom. The van der Waals surface area contributed by atoms with Crippen LogP contribution in [0.1, 0.15) is 270 Å². The third kappa shape index (κ3) is 87.1. The maximum Gasteiger partial charge on any atom is 0.333 e. The van der Waals surface area contributed by atoms with Crippen LogP contribution in [0.15, 0.2) is 72.9 Å². The summed E-state index contributed by atoms with van der Waals surface area (Å²) >= 11 is 0. The minimum atomic E-state index is -0.313. The van der Waals surface area contributed by atoms with Crippen LogP contribution >= 0.6 is 0 Å². The molecule has 0 spiro atoms. The van der Waals surface area contributed by atoms with E-state index >= 15 is 0 Å². The molecule has 540 valence electrons. The van der Waals surface area contributed by atoms with E-state index in [4.69, 9.17) is 52.1 Å². The Morgan fingerprint density at radius 1 is 0.326 bits per heavy atom. The van der Waals surface area contributed by atoms with Crippen LogP contribution in [0.3, 0.4) is 0 Å². The first-order chi connectivity index (χ1) is 43.9. The predicted molar refractivity (Wildman–Crippen MR) is 377 cm³/mol. The smallest absolute Gasteiger partial charge is 0.333 e. The standard InChI is InChI=1S/C13H24O2.C11H20O2.C10H18O2.C9H16O3.C9H18O2.C9H16O2.C8H14O2.C6H12O2/c1-4-5-6-7-8-9-10-11-15-13(14)12(2)3;1-4-5-6-7-8-9-13-11(12)10(2)3;1-4-5-6-7-8-12-10(11)9(2)3;1-8(2)9(10)12-7-5-4-6-11-3;1-3-4-5-6-10-7-9-8(2)11-9;1-4-5-6-7-11-9(10)8(2)3;1-4-5-6-10-8(9)7(2)3;1-2-3-7-4-6-5-8-6/h2,4-11H2,1,3H3;2,4-9H2,1,3H3;2,4-8H2,1,3H3;1,4-7H2,2-3H3;8-9H,3-7H2,1-2H3;2,4-7H2,1,3H3;2,4-6H2,1,3H3;6H,2-5H2,1H3. The first-order valence-corrected chi connectivity index (χ1v) is 34.7. The maximum absolute atomic E-state index is 11.0. The molecule has 0 aliphatic carbocycles. The summed E-state index contributed by atoms with van der Waals surface area (Å²) in [4.78, 5) is 65.1. The van der Waals surface area contributed by atoms with Gasteiger partial charge in [0.05, 0.1) is 65.6 Å². The van der Waals surface area contributed by atoms with Crippen molar-refractivity contribution in [1.29, 1.82) is 0 Å². The third-order valence-electron chi connectivity index (χ3n) is 12.5. The molecule has 3 atom stereocenters. The number of carbonyl (C=O) groups excluding carboxylic acids is 6. The van der Waals surface area contributed by atoms with Gasteiger partial charge < -0.3 is 52.1 Å². The van der Waals surface area contributed by atoms with Gasteiger partial charge in [-0.05, 0) is 106 Å². The van der Waals surface area contributed by atoms with Gasteiger partial charge >= 0.3 is 35.8 Å². The fourth-order valence-electron chi connectivity index (χ4n) is 6.45. The van der Waals surface area contributed by atoms with Gasteiger partial charge in [0, 0.05) is 60.4 Å². The van der Waals surface area contributed by atoms with Crippen LogP contribution < -0.4 is 0 Å². The lowest BCUT2D eigenvalue weighted by Gasteiger charge is -2.04. The Bertz CT molecular complexity index is 1820. The molecule has 0 aromatic heterocycles. The highest BCUT2D eigenvalue weighted by Crippen LogP contribution is 2.21. The zero-order valence-corrected chi connectivity index (χ0v) is 61.5. The molecule has 17 nitrogen and oxygen atoms in total. The second-order valence-electron chi connectivity index (χ2n) is 23.0. The summed E-state index contributed by atoms with van der Waals surface area (Å²) in [6.45, 7) is 56.1. The zero-order chi connectivity index (χ0) is 71.0. The number of rotatable bonds is 47. The Morgan fingerprint density at radius 2 is 0.554 bits per heavy atom. The van der Waals surface area contributed by atoms with E-state index in [9.17, 15) is 28.8 Å². The van der Waals surface area contributed by atoms with Crippen LogP contribution in [0.25, 0.3) is 0 Å². The molecule has 2 aliphatic rings. The van der Waals surface area contributed by atoms with E-state index in [1.54, 1.807) is 48.7 Å². The van der Waals surface area contributed by atoms with E-state index in [1.807, 2.05) is 0 Å². The van der Waals surface area contributed by atoms with Crippen LogP contribution in [0.2, 0.25) is 0 Å². The van der Waals surface area contributed by atoms with Gasteiger partial charge in [-0.3, -0.25) is 0 Å². The normalized spacial score (nSPS) is 13.3. The highest BCUT2D eigenvalue weighted by atomic mass is 16.6. The van der Waals surface area contributed by atoms with Crippen molar-refractivity contribution in [3.8, 4) is 0 Å². The largest absolute Gasteiger partial charge is 0.462 e. The van der Waals surface area contributed by atoms with Crippen molar-refractivity contribution in [2.24, 2.45) is 0 Å². The van der Waals surface area contributed by atoms with Crippen LogP contribution in [0.4, 0.5) is 0 Å². The Hall–Kier alpha value is -4.94. The van der Waals surface area contributed by atoms with E-state index in [0.717, 1.165) is 123 Å². The van der Waals surface area contributed by atoms with Crippen molar-refractivity contribution in [3.63, 3.8) is 0 Å². The number of unbranched alkanes of at least 4 members (excludes halogenated alkanes) is 19. The lowest BCUT2D eigenvalue weighted by Crippen LogP contribution is -2.06. The fraction of sp³-hybridized carbons (Fsp3) is 0.760. The molecule has 2 heterocycles. The molecule has 0 amide bonds. The summed E-state index contributed by atoms with van der Waals surface area (Å²) in [5.41, 5.74) is 2.83. The van der Waals surface area contributed by atoms with Crippen molar-refractivity contribution in [1.82, 2.24) is 0 Å². The van der Waals surface area contributed by atoms with Crippen molar-refractivity contribution < 1.29 is 80.9 Å². The molecular formula is C75H138O17. The third-order valence-corrected chi connectivity index (χ3v) is 12.5. The zero-order valence-electron chi connectivity index (χ0n) is 61.5. The first-order valence-electron chi connectivity index (χ1n) is 34.7. The second kappa shape index (κ2) is 76.8. The Labute approximate surface area is 562 Å². The van der Waals surface area contributed by atoms with E-state index in [0.29, 0.717) is 98.0 Å². The van der Waals surface area contributed by atoms with E-state index < -0.39 is 0 Å². The summed E-state index contributed by atoms with van der Waals surface area (Å²) in [5.74, 6) is -1.68. The average Bonchev–Trinajstić information content (AvgIpc) is 2.35. The molecule has 0 radical (unpaired) electrons. The molecule has 2 rings (SSSR count). The Balaban J connectivity index is -0.000000231. The fourth-order valence-corrected chi connectivity index (χ4v) is 6.45. The summed E-state index contributed by atoms with van der Waals surface area (Å²) in [7, 11) is 1.65. The summed E-state index contributed by atoms with van der Waals surface area (Å²) in [6.07, 6.45) is 32.1. The van der Waals surface area contributed by atoms with Crippen LogP contribution in [0, 0.1) is 0 Å². The predicted octanol–water partition coefficient (Wildman–Crippen LogP) is 18.1. The molecule has 92 heavy (non-hydrogen) atoms. The molecule has 0 N–H and O–H groups in total. The SMILES string of the molecule is C=C(C)C(=O)OCCCC.C=C(C)C(=O)OCCCCC.C=C(C)C(=O)OCCCCCC.C=C(C)C(=O)OCCCCCCC.C=C(C)C(=O)OCCCCCCCCC.C=C(C)C(=O)OCCCCOC.CCCCCOCC1OC1C.CCCOCC1CO1. The maximum atomic E-state index is 11.0. The van der Waals surface area contributed by atoms with Crippen molar-refractivity contribution >= 4 is 35.8 Å². The van der Waals surface area contributed by atoms with Crippen LogP contribution in [-0.2, 0) is 80.9 Å². The summed E-state index contributed by atoms with van der Waals surface area (Å²) in [5, 5.41) is 0. The number of esters is 6. The van der Waals surface area contributed by atoms with Crippen LogP contribution in [-0.4, -0.2) is 141 Å². The minimum absolute atomic E-state index is 0.263. The second-order valence-corrected chi connectivity index (χ2v) is 23.0. The summed E-state index contributed by atoms with van der Waals surface area (Å²) < 4.78 is 54.9. The van der Waals surface area contributed by atoms with E-state index in [-0.39, 0.29) is 35.8 Å². The molecule has 2 fully saturated rings. The van der Waals surface area contributed by atoms with Gasteiger partial charge in [-0.1, -0.05) is 204 Å². The monoisotopic (exact) mass is 1310 g/mol. The molecule has 0 bridgehead atoms. The molecule has 0 saturated carbocycles. The molecule has 2 saturated heterocycles. The van der Waals surface area contributed by atoms with Gasteiger partial charge in [-0.2, -0.15) is 0 Å². The lowest BCUT2D eigenvalue weighted by molar-refractivity contribution is -0.140. The topological polar surface area (TPSA) is 211 Å². The van der Waals surface area contributed by atoms with E-state index in [2.05, 4.69) is 94.9 Å². The number of carbonyl (C=O) groups is 6. The minimum Gasteiger partial charge on any atom is -0.462 e. The van der Waals surface area contributed by atoms with Gasteiger partial charge in [-0.25, -0.2) is 28.8 Å². The number of ether oxygens (including phenoxy) is 11. The highest BCUT2D eigenvalue weighted by Gasteiger charge is 2.33. The number of hydrogen-bond acceptors (Lipinski definition) is 17. The van der Waals surface area contributed by atoms with Gasteiger partial charge in [0.2, 0.25) is 0 Å². The molecule has 0 aromatic carbocycles. The van der Waals surface area contributed by atoms with Crippen molar-refractivity contribution in [2.75, 3.05) is 86.4 Å². The highest BCUT2D eigenvalue weighted by molar-refractivity contribution is 5.88. The molecule has 0 aromatic rings. The number of hydrogen-bond donors (Lipinski definition) is 0. The molecule has 3 unspecified atom stereocenters. The van der Waals surface area contributed by atoms with Crippen LogP contribution in [0.5, 0.6) is 0 Å². The molecule has 17 heteroatoms. The quantitative estimate of drug-likeness (QED) is 0.0182. The van der Waals surface area contributed by atoms with Gasteiger partial charge in [0.1, 0.15) is 12.2 Å². The number of methoxy groups -OCH3 is 1. The van der Waals surface area contributed by atoms with Gasteiger partial charge in [0.25, 0.3) is 0 Å². The lowest BCUT2D eigenvalue weighted by atomic mass is 10.1. The first kappa shape index (κ1) is 98.1. The van der Waals surface area contributed by atoms with E-state index in [1.165, 1.54) is 83.5 Å². The number of epoxide rings is 2. The van der Waals surface area contributed by atoms with Crippen molar-refractivity contribution in [3.05, 3.63) is 72.9 Å². The average molecular weight is 1310 g/mol.